The predicted molar refractivity (Wildman–Crippen MR) is 108 cm³/mol. The van der Waals surface area contributed by atoms with Gasteiger partial charge in [-0.05, 0) is 25.3 Å². The van der Waals surface area contributed by atoms with Crippen molar-refractivity contribution < 1.29 is 17.6 Å². The van der Waals surface area contributed by atoms with Gasteiger partial charge in [-0.2, -0.15) is 22.8 Å². The Kier molecular flexibility index (Phi) is 4.49. The molecule has 3 aromatic heterocycles. The highest BCUT2D eigenvalue weighted by Crippen LogP contribution is 2.39. The summed E-state index contributed by atoms with van der Waals surface area (Å²) in [5.74, 6) is 1.05. The van der Waals surface area contributed by atoms with Gasteiger partial charge < -0.3 is 9.40 Å². The van der Waals surface area contributed by atoms with Gasteiger partial charge in [0.15, 0.2) is 5.69 Å². The van der Waals surface area contributed by atoms with Gasteiger partial charge in [0.2, 0.25) is 5.89 Å². The fourth-order valence-corrected chi connectivity index (χ4v) is 4.32. The minimum Gasteiger partial charge on any atom is -0.441 e. The molecule has 9 heteroatoms. The van der Waals surface area contributed by atoms with Gasteiger partial charge in [-0.3, -0.25) is 4.79 Å². The number of hydrogen-bond donors (Lipinski definition) is 1. The van der Waals surface area contributed by atoms with Gasteiger partial charge in [0, 0.05) is 11.6 Å². The van der Waals surface area contributed by atoms with Crippen LogP contribution in [-0.2, 0) is 6.18 Å². The van der Waals surface area contributed by atoms with Gasteiger partial charge in [0.25, 0.3) is 5.56 Å². The lowest BCUT2D eigenvalue weighted by Crippen LogP contribution is -2.20. The minimum absolute atomic E-state index is 0.0210. The molecular weight excluding hydrogens is 409 g/mol. The first kappa shape index (κ1) is 19.6. The molecule has 1 aromatic carbocycles. The number of aryl methyl sites for hydroxylation is 1. The molecule has 1 aliphatic carbocycles. The van der Waals surface area contributed by atoms with Crippen LogP contribution in [0, 0.1) is 6.92 Å². The van der Waals surface area contributed by atoms with Crippen molar-refractivity contribution in [2.45, 2.75) is 44.7 Å². The molecule has 1 saturated carbocycles. The van der Waals surface area contributed by atoms with Gasteiger partial charge in [-0.15, -0.1) is 0 Å². The van der Waals surface area contributed by atoms with Crippen molar-refractivity contribution in [3.63, 3.8) is 0 Å². The number of H-pyrrole nitrogens is 1. The first-order valence-electron chi connectivity index (χ1n) is 10.1. The zero-order valence-corrected chi connectivity index (χ0v) is 16.7. The van der Waals surface area contributed by atoms with Crippen LogP contribution in [0.5, 0.6) is 0 Å². The zero-order chi connectivity index (χ0) is 21.8. The molecule has 1 fully saturated rings. The van der Waals surface area contributed by atoms with Crippen molar-refractivity contribution in [1.82, 2.24) is 19.6 Å². The van der Waals surface area contributed by atoms with E-state index in [9.17, 15) is 18.0 Å². The molecule has 0 atom stereocenters. The third kappa shape index (κ3) is 3.24. The second-order valence-corrected chi connectivity index (χ2v) is 7.83. The van der Waals surface area contributed by atoms with Gasteiger partial charge in [-0.1, -0.05) is 43.2 Å². The quantitative estimate of drug-likeness (QED) is 0.479. The summed E-state index contributed by atoms with van der Waals surface area (Å²) in [7, 11) is 0. The largest absolute Gasteiger partial charge is 0.441 e. The number of halogens is 3. The third-order valence-electron chi connectivity index (χ3n) is 5.80. The number of nitrogens with zero attached hydrogens (tertiary/aromatic N) is 3. The second kappa shape index (κ2) is 7.11. The number of benzene rings is 1. The lowest BCUT2D eigenvalue weighted by atomic mass is 10.1. The Hall–Kier alpha value is -3.36. The van der Waals surface area contributed by atoms with Crippen LogP contribution in [0.3, 0.4) is 0 Å². The van der Waals surface area contributed by atoms with E-state index in [-0.39, 0.29) is 28.6 Å². The molecule has 0 bridgehead atoms. The molecule has 31 heavy (non-hydrogen) atoms. The Labute approximate surface area is 174 Å². The highest BCUT2D eigenvalue weighted by Gasteiger charge is 2.39. The number of oxazole rings is 1. The molecule has 0 unspecified atom stereocenters. The Bertz CT molecular complexity index is 1310. The number of hydrogen-bond acceptors (Lipinski definition) is 4. The molecule has 0 aliphatic heterocycles. The number of aromatic nitrogens is 4. The first-order chi connectivity index (χ1) is 14.8. The number of aromatic amines is 1. The SMILES string of the molecule is Cc1[nH]c2c(-c3ccccc3)c(C(F)(F)F)nn2c(=O)c1-c1ncc(C2CCCC2)o1. The number of fused-ring (bicyclic) bond motifs is 1. The Balaban J connectivity index is 1.73. The Morgan fingerprint density at radius 3 is 2.52 bits per heavy atom. The number of alkyl halides is 3. The standard InChI is InChI=1S/C22H19F3N4O2/c1-12-16(20-26-11-15(31-20)13-7-5-6-8-13)21(30)29-19(27-12)17(14-9-3-2-4-10-14)18(28-29)22(23,24)25/h2-4,9-11,13,27H,5-8H2,1H3. The third-order valence-corrected chi connectivity index (χ3v) is 5.80. The fourth-order valence-electron chi connectivity index (χ4n) is 4.32. The molecule has 160 valence electrons. The van der Waals surface area contributed by atoms with E-state index in [1.54, 1.807) is 43.5 Å². The molecule has 1 N–H and O–H groups in total. The Morgan fingerprint density at radius 1 is 1.13 bits per heavy atom. The van der Waals surface area contributed by atoms with E-state index < -0.39 is 17.4 Å². The van der Waals surface area contributed by atoms with E-state index in [2.05, 4.69) is 15.1 Å². The molecule has 4 aromatic rings. The van der Waals surface area contributed by atoms with E-state index >= 15 is 0 Å². The van der Waals surface area contributed by atoms with Crippen LogP contribution in [0.25, 0.3) is 28.2 Å². The van der Waals surface area contributed by atoms with E-state index in [0.717, 1.165) is 30.2 Å². The van der Waals surface area contributed by atoms with Gasteiger partial charge in [0.05, 0.1) is 11.8 Å². The predicted octanol–water partition coefficient (Wildman–Crippen LogP) is 5.33. The van der Waals surface area contributed by atoms with Crippen LogP contribution < -0.4 is 5.56 Å². The summed E-state index contributed by atoms with van der Waals surface area (Å²) in [6.45, 7) is 1.62. The lowest BCUT2D eigenvalue weighted by Gasteiger charge is -2.07. The number of nitrogens with one attached hydrogen (secondary N) is 1. The molecule has 0 radical (unpaired) electrons. The summed E-state index contributed by atoms with van der Waals surface area (Å²) in [5.41, 5.74) is -1.27. The highest BCUT2D eigenvalue weighted by molar-refractivity contribution is 5.81. The van der Waals surface area contributed by atoms with Crippen LogP contribution in [-0.4, -0.2) is 19.6 Å². The summed E-state index contributed by atoms with van der Waals surface area (Å²) in [5, 5.41) is 3.65. The molecular formula is C22H19F3N4O2. The molecule has 1 aliphatic rings. The minimum atomic E-state index is -4.73. The summed E-state index contributed by atoms with van der Waals surface area (Å²) in [6.07, 6.45) is 1.09. The molecule has 6 nitrogen and oxygen atoms in total. The summed E-state index contributed by atoms with van der Waals surface area (Å²) in [6, 6.07) is 8.08. The molecule has 0 amide bonds. The van der Waals surface area contributed by atoms with Crippen molar-refractivity contribution in [3.05, 3.63) is 64.0 Å². The maximum atomic E-state index is 13.8. The highest BCUT2D eigenvalue weighted by atomic mass is 19.4. The molecule has 5 rings (SSSR count). The first-order valence-corrected chi connectivity index (χ1v) is 10.1. The van der Waals surface area contributed by atoms with Gasteiger partial charge in [0.1, 0.15) is 17.0 Å². The lowest BCUT2D eigenvalue weighted by molar-refractivity contribution is -0.140. The smallest absolute Gasteiger partial charge is 0.435 e. The van der Waals surface area contributed by atoms with Crippen molar-refractivity contribution in [3.8, 4) is 22.6 Å². The maximum Gasteiger partial charge on any atom is 0.435 e. The topological polar surface area (TPSA) is 76.2 Å². The molecule has 3 heterocycles. The van der Waals surface area contributed by atoms with Crippen LogP contribution in [0.4, 0.5) is 13.2 Å². The second-order valence-electron chi connectivity index (χ2n) is 7.83. The summed E-state index contributed by atoms with van der Waals surface area (Å²) in [4.78, 5) is 20.4. The maximum absolute atomic E-state index is 13.8. The van der Waals surface area contributed by atoms with Crippen molar-refractivity contribution >= 4 is 5.65 Å². The van der Waals surface area contributed by atoms with E-state index in [0.29, 0.717) is 17.0 Å². The van der Waals surface area contributed by atoms with Crippen LogP contribution in [0.2, 0.25) is 0 Å². The van der Waals surface area contributed by atoms with Crippen molar-refractivity contribution in [2.75, 3.05) is 0 Å². The summed E-state index contributed by atoms with van der Waals surface area (Å²) < 4.78 is 48.0. The van der Waals surface area contributed by atoms with Crippen LogP contribution >= 0.6 is 0 Å². The average Bonchev–Trinajstić information content (AvgIpc) is 3.47. The van der Waals surface area contributed by atoms with Crippen molar-refractivity contribution in [2.24, 2.45) is 0 Å². The van der Waals surface area contributed by atoms with E-state index in [4.69, 9.17) is 4.42 Å². The van der Waals surface area contributed by atoms with Crippen LogP contribution in [0.15, 0.2) is 45.7 Å². The zero-order valence-electron chi connectivity index (χ0n) is 16.7. The average molecular weight is 428 g/mol. The normalized spacial score (nSPS) is 15.2. The van der Waals surface area contributed by atoms with Gasteiger partial charge >= 0.3 is 6.18 Å². The molecule has 0 spiro atoms. The van der Waals surface area contributed by atoms with Crippen molar-refractivity contribution in [1.29, 1.82) is 0 Å². The number of rotatable bonds is 3. The van der Waals surface area contributed by atoms with Crippen LogP contribution in [0.1, 0.15) is 48.7 Å². The Morgan fingerprint density at radius 2 is 1.84 bits per heavy atom. The summed E-state index contributed by atoms with van der Waals surface area (Å²) >= 11 is 0. The monoisotopic (exact) mass is 428 g/mol. The molecule has 0 saturated heterocycles. The van der Waals surface area contributed by atoms with E-state index in [1.807, 2.05) is 0 Å². The van der Waals surface area contributed by atoms with E-state index in [1.165, 1.54) is 0 Å². The fraction of sp³-hybridized carbons (Fsp3) is 0.318. The van der Waals surface area contributed by atoms with Gasteiger partial charge in [-0.25, -0.2) is 4.98 Å².